The van der Waals surface area contributed by atoms with E-state index in [1.165, 1.54) is 143 Å². The molecule has 2 aliphatic heterocycles. The molecule has 4 aliphatic carbocycles. The second-order valence-corrected chi connectivity index (χ2v) is 23.5. The predicted octanol–water partition coefficient (Wildman–Crippen LogP) is 16.8. The first-order chi connectivity index (χ1) is 34.0. The minimum Gasteiger partial charge on any atom is -0.455 e. The summed E-state index contributed by atoms with van der Waals surface area (Å²) in [4.78, 5) is 7.87. The largest absolute Gasteiger partial charge is 0.455 e. The number of hydrogen-bond donors (Lipinski definition) is 0. The number of rotatable bonds is 6. The van der Waals surface area contributed by atoms with Crippen molar-refractivity contribution in [1.29, 1.82) is 0 Å². The van der Waals surface area contributed by atoms with Crippen LogP contribution in [0.4, 0.5) is 22.7 Å². The highest BCUT2D eigenvalue weighted by molar-refractivity contribution is 6.19. The van der Waals surface area contributed by atoms with Gasteiger partial charge in [0.2, 0.25) is 0 Å². The van der Waals surface area contributed by atoms with Crippen molar-refractivity contribution >= 4 is 44.7 Å². The Morgan fingerprint density at radius 2 is 1.24 bits per heavy atom. The Hall–Kier alpha value is -6.26. The summed E-state index contributed by atoms with van der Waals surface area (Å²) < 4.78 is 7.31. The first kappa shape index (κ1) is 42.6. The molecule has 4 nitrogen and oxygen atoms in total. The summed E-state index contributed by atoms with van der Waals surface area (Å²) in [7, 11) is 4.24. The summed E-state index contributed by atoms with van der Waals surface area (Å²) in [6.45, 7) is 10.4. The summed E-state index contributed by atoms with van der Waals surface area (Å²) in [5.74, 6) is 0.730. The first-order valence-electron chi connectivity index (χ1n) is 26.8. The van der Waals surface area contributed by atoms with Crippen LogP contribution in [-0.2, 0) is 10.8 Å². The zero-order valence-electron chi connectivity index (χ0n) is 42.1. The SMILES string of the molecule is CN(C)c1ccc2c(c1)oc1c(-c3ccc(N4c5ccccc5C5(C)CCCC45C)cc3)cc3c(c12)-c1ccc(N2C4CCCCC4C4(C)CCCCC24C)cc1C3(c1ccccc1)c1ccccc1. The number of hydrogen-bond acceptors (Lipinski definition) is 4. The van der Waals surface area contributed by atoms with E-state index in [0.29, 0.717) is 11.5 Å². The molecule has 0 N–H and O–H groups in total. The lowest BCUT2D eigenvalue weighted by Crippen LogP contribution is -2.54. The van der Waals surface area contributed by atoms with Gasteiger partial charge in [0.15, 0.2) is 0 Å². The van der Waals surface area contributed by atoms with E-state index in [9.17, 15) is 0 Å². The van der Waals surface area contributed by atoms with Gasteiger partial charge >= 0.3 is 0 Å². The van der Waals surface area contributed by atoms with Crippen LogP contribution in [-0.4, -0.2) is 31.2 Å². The Morgan fingerprint density at radius 1 is 0.557 bits per heavy atom. The zero-order valence-corrected chi connectivity index (χ0v) is 42.1. The van der Waals surface area contributed by atoms with Crippen molar-refractivity contribution in [2.75, 3.05) is 28.8 Å². The van der Waals surface area contributed by atoms with Gasteiger partial charge in [0.05, 0.1) is 11.0 Å². The summed E-state index contributed by atoms with van der Waals surface area (Å²) in [6, 6.07) is 59.4. The lowest BCUT2D eigenvalue weighted by molar-refractivity contribution is 0.0668. The summed E-state index contributed by atoms with van der Waals surface area (Å²) >= 11 is 0. The van der Waals surface area contributed by atoms with Crippen molar-refractivity contribution in [2.24, 2.45) is 11.3 Å². The molecule has 4 fully saturated rings. The van der Waals surface area contributed by atoms with Crippen LogP contribution >= 0.6 is 0 Å². The third-order valence-electron chi connectivity index (χ3n) is 20.5. The molecule has 70 heavy (non-hydrogen) atoms. The molecule has 1 aromatic heterocycles. The molecule has 0 spiro atoms. The van der Waals surface area contributed by atoms with Crippen molar-refractivity contribution in [3.63, 3.8) is 0 Å². The molecule has 3 heterocycles. The highest BCUT2D eigenvalue weighted by Crippen LogP contribution is 2.67. The Labute approximate surface area is 415 Å². The van der Waals surface area contributed by atoms with Gasteiger partial charge in [-0.05, 0) is 157 Å². The van der Waals surface area contributed by atoms with E-state index < -0.39 is 5.41 Å². The molecular formula is C66H67N3O. The molecular weight excluding hydrogens is 851 g/mol. The third-order valence-corrected chi connectivity index (χ3v) is 20.5. The predicted molar refractivity (Wildman–Crippen MR) is 292 cm³/mol. The number of anilines is 4. The molecule has 3 saturated carbocycles. The Balaban J connectivity index is 1.04. The highest BCUT2D eigenvalue weighted by atomic mass is 16.3. The normalized spacial score (nSPS) is 28.1. The minimum absolute atomic E-state index is 0.0114. The number of benzene rings is 7. The Bertz CT molecular complexity index is 3350. The standard InChI is InChI=1S/C66H67N3O/c1-62-36-17-18-38-64(62,3)69(57-27-16-14-25-53(57)62)48-33-34-49-54(40-48)66(44-20-9-7-10-21-44,45-22-11-8-12-23-45)55-42-51(61-60(59(49)55)50-35-32-47(67(5)6)41-58(50)70-61)43-28-30-46(31-29-43)68-56-26-15-13-24-52(56)63(2)37-19-39-65(63,68)4/h7-13,15,20-24,26,28-35,40-42,53,57H,14,16-19,25,27,36-39H2,1-6H3. The summed E-state index contributed by atoms with van der Waals surface area (Å²) in [5.41, 5.74) is 18.7. The quantitative estimate of drug-likeness (QED) is 0.166. The smallest absolute Gasteiger partial charge is 0.143 e. The number of fused-ring (bicyclic) bond motifs is 13. The molecule has 14 rings (SSSR count). The van der Waals surface area contributed by atoms with Crippen LogP contribution in [0.3, 0.4) is 0 Å². The van der Waals surface area contributed by atoms with Crippen molar-refractivity contribution in [3.05, 3.63) is 179 Å². The van der Waals surface area contributed by atoms with E-state index in [-0.39, 0.29) is 16.5 Å². The number of furan rings is 1. The molecule has 1 saturated heterocycles. The van der Waals surface area contributed by atoms with E-state index in [1.54, 1.807) is 0 Å². The van der Waals surface area contributed by atoms with Gasteiger partial charge in [-0.15, -0.1) is 0 Å². The van der Waals surface area contributed by atoms with Gasteiger partial charge in [0, 0.05) is 76.2 Å². The van der Waals surface area contributed by atoms with Gasteiger partial charge in [0.25, 0.3) is 0 Å². The minimum atomic E-state index is -0.595. The van der Waals surface area contributed by atoms with E-state index >= 15 is 0 Å². The van der Waals surface area contributed by atoms with Crippen LogP contribution in [0.1, 0.15) is 126 Å². The van der Waals surface area contributed by atoms with Crippen molar-refractivity contribution in [3.8, 4) is 22.3 Å². The van der Waals surface area contributed by atoms with Crippen molar-refractivity contribution in [1.82, 2.24) is 0 Å². The van der Waals surface area contributed by atoms with Crippen LogP contribution in [0.5, 0.6) is 0 Å². The Kier molecular flexibility index (Phi) is 9.06. The lowest BCUT2D eigenvalue weighted by atomic mass is 9.57. The van der Waals surface area contributed by atoms with Gasteiger partial charge < -0.3 is 19.1 Å². The number of nitrogens with zero attached hydrogens (tertiary/aromatic N) is 3. The second kappa shape index (κ2) is 14.9. The topological polar surface area (TPSA) is 22.9 Å². The average molecular weight is 918 g/mol. The fraction of sp³-hybridized carbons (Fsp3) is 0.364. The fourth-order valence-electron chi connectivity index (χ4n) is 16.8. The van der Waals surface area contributed by atoms with Crippen molar-refractivity contribution in [2.45, 2.75) is 126 Å². The van der Waals surface area contributed by atoms with Crippen LogP contribution < -0.4 is 14.7 Å². The van der Waals surface area contributed by atoms with E-state index in [0.717, 1.165) is 28.3 Å². The van der Waals surface area contributed by atoms with Gasteiger partial charge in [-0.25, -0.2) is 0 Å². The molecule has 0 amide bonds. The Morgan fingerprint density at radius 3 is 2.00 bits per heavy atom. The molecule has 7 aromatic carbocycles. The highest BCUT2D eigenvalue weighted by Gasteiger charge is 2.64. The third kappa shape index (κ3) is 5.33. The maximum atomic E-state index is 7.31. The van der Waals surface area contributed by atoms with Gasteiger partial charge in [-0.1, -0.05) is 143 Å². The molecule has 0 radical (unpaired) electrons. The van der Waals surface area contributed by atoms with E-state index in [2.05, 4.69) is 208 Å². The van der Waals surface area contributed by atoms with E-state index in [4.69, 9.17) is 4.42 Å². The lowest BCUT2D eigenvalue weighted by Gasteiger charge is -2.51. The number of para-hydroxylation sites is 1. The van der Waals surface area contributed by atoms with Crippen LogP contribution in [0.2, 0.25) is 0 Å². The van der Waals surface area contributed by atoms with Gasteiger partial charge in [-0.3, -0.25) is 0 Å². The molecule has 0 bridgehead atoms. The summed E-state index contributed by atoms with van der Waals surface area (Å²) in [6.07, 6.45) is 14.3. The molecule has 6 atom stereocenters. The molecule has 6 unspecified atom stereocenters. The molecule has 352 valence electrons. The molecule has 4 heteroatoms. The molecule has 8 aromatic rings. The van der Waals surface area contributed by atoms with Crippen LogP contribution in [0.15, 0.2) is 156 Å². The fourth-order valence-corrected chi connectivity index (χ4v) is 16.8. The van der Waals surface area contributed by atoms with Gasteiger partial charge in [-0.2, -0.15) is 0 Å². The van der Waals surface area contributed by atoms with E-state index in [1.807, 2.05) is 0 Å². The van der Waals surface area contributed by atoms with Gasteiger partial charge in [0.1, 0.15) is 11.2 Å². The molecule has 6 aliphatic rings. The monoisotopic (exact) mass is 918 g/mol. The first-order valence-corrected chi connectivity index (χ1v) is 26.8. The maximum Gasteiger partial charge on any atom is 0.143 e. The van der Waals surface area contributed by atoms with Crippen LogP contribution in [0, 0.1) is 11.3 Å². The van der Waals surface area contributed by atoms with Crippen LogP contribution in [0.25, 0.3) is 44.2 Å². The maximum absolute atomic E-state index is 7.31. The summed E-state index contributed by atoms with van der Waals surface area (Å²) in [5, 5.41) is 2.38. The zero-order chi connectivity index (χ0) is 47.4. The second-order valence-electron chi connectivity index (χ2n) is 23.5. The average Bonchev–Trinajstić information content (AvgIpc) is 4.11. The van der Waals surface area contributed by atoms with Crippen molar-refractivity contribution < 1.29 is 4.42 Å².